The summed E-state index contributed by atoms with van der Waals surface area (Å²) in [5.74, 6) is 5.47. The van der Waals surface area contributed by atoms with E-state index in [1.807, 2.05) is 0 Å². The Morgan fingerprint density at radius 3 is 3.00 bits per heavy atom. The van der Waals surface area contributed by atoms with Crippen molar-refractivity contribution >= 4 is 10.0 Å². The molecule has 2 heterocycles. The van der Waals surface area contributed by atoms with Gasteiger partial charge in [-0.05, 0) is 12.5 Å². The molecule has 0 atom stereocenters. The predicted octanol–water partition coefficient (Wildman–Crippen LogP) is -0.197. The molecular weight excluding hydrogens is 278 g/mol. The lowest BCUT2D eigenvalue weighted by Crippen LogP contribution is -2.33. The number of hydrogen-bond donors (Lipinski definition) is 1. The van der Waals surface area contributed by atoms with Crippen molar-refractivity contribution in [2.24, 2.45) is 5.73 Å². The fraction of sp³-hybridized carbons (Fsp3) is 0.462. The van der Waals surface area contributed by atoms with Gasteiger partial charge in [-0.15, -0.1) is 0 Å². The number of aromatic nitrogens is 1. The lowest BCUT2D eigenvalue weighted by Gasteiger charge is -2.19. The molecule has 0 amide bonds. The first kappa shape index (κ1) is 14.9. The van der Waals surface area contributed by atoms with Gasteiger partial charge in [0.25, 0.3) is 0 Å². The van der Waals surface area contributed by atoms with Crippen LogP contribution < -0.4 is 5.73 Å². The average molecular weight is 295 g/mol. The third kappa shape index (κ3) is 3.55. The van der Waals surface area contributed by atoms with E-state index in [1.165, 1.54) is 22.8 Å². The van der Waals surface area contributed by atoms with E-state index in [0.29, 0.717) is 38.3 Å². The minimum atomic E-state index is -3.54. The SMILES string of the molecule is NCC#Cc1cncc(S(=O)(=O)N2CCCOCC2)c1. The van der Waals surface area contributed by atoms with Crippen LogP contribution in [0.3, 0.4) is 0 Å². The molecule has 1 aromatic rings. The van der Waals surface area contributed by atoms with Crippen LogP contribution in [0.1, 0.15) is 12.0 Å². The average Bonchev–Trinajstić information content (AvgIpc) is 2.75. The Balaban J connectivity index is 2.28. The number of hydrogen-bond acceptors (Lipinski definition) is 5. The maximum Gasteiger partial charge on any atom is 0.244 e. The van der Waals surface area contributed by atoms with E-state index in [4.69, 9.17) is 10.5 Å². The second-order valence-electron chi connectivity index (χ2n) is 4.29. The zero-order chi connectivity index (χ0) is 14.4. The number of sulfonamides is 1. The fourth-order valence-corrected chi connectivity index (χ4v) is 3.35. The van der Waals surface area contributed by atoms with E-state index >= 15 is 0 Å². The normalized spacial score (nSPS) is 17.1. The van der Waals surface area contributed by atoms with Crippen LogP contribution in [0, 0.1) is 11.8 Å². The lowest BCUT2D eigenvalue weighted by atomic mass is 10.3. The number of pyridine rings is 1. The molecule has 6 nitrogen and oxygen atoms in total. The minimum Gasteiger partial charge on any atom is -0.380 e. The molecule has 0 spiro atoms. The third-order valence-electron chi connectivity index (χ3n) is 2.87. The lowest BCUT2D eigenvalue weighted by molar-refractivity contribution is 0.148. The van der Waals surface area contributed by atoms with Crippen molar-refractivity contribution in [3.8, 4) is 11.8 Å². The summed E-state index contributed by atoms with van der Waals surface area (Å²) in [6.07, 6.45) is 3.56. The number of nitrogens with two attached hydrogens (primary N) is 1. The molecule has 1 saturated heterocycles. The van der Waals surface area contributed by atoms with Crippen LogP contribution in [0.15, 0.2) is 23.4 Å². The van der Waals surface area contributed by atoms with Crippen molar-refractivity contribution in [2.45, 2.75) is 11.3 Å². The van der Waals surface area contributed by atoms with E-state index in [2.05, 4.69) is 16.8 Å². The Bertz CT molecular complexity index is 611. The van der Waals surface area contributed by atoms with Gasteiger partial charge in [-0.2, -0.15) is 4.31 Å². The van der Waals surface area contributed by atoms with E-state index in [0.717, 1.165) is 0 Å². The summed E-state index contributed by atoms with van der Waals surface area (Å²) in [7, 11) is -3.54. The molecule has 0 saturated carbocycles. The first-order valence-corrected chi connectivity index (χ1v) is 7.80. The monoisotopic (exact) mass is 295 g/mol. The zero-order valence-corrected chi connectivity index (χ0v) is 11.9. The van der Waals surface area contributed by atoms with Crippen LogP contribution in [0.2, 0.25) is 0 Å². The summed E-state index contributed by atoms with van der Waals surface area (Å²) < 4.78 is 31.7. The van der Waals surface area contributed by atoms with Gasteiger partial charge < -0.3 is 10.5 Å². The summed E-state index contributed by atoms with van der Waals surface area (Å²) in [6, 6.07) is 1.52. The van der Waals surface area contributed by atoms with E-state index < -0.39 is 10.0 Å². The van der Waals surface area contributed by atoms with Crippen molar-refractivity contribution < 1.29 is 13.2 Å². The Morgan fingerprint density at radius 1 is 1.35 bits per heavy atom. The molecule has 2 N–H and O–H groups in total. The molecule has 108 valence electrons. The maximum absolute atomic E-state index is 12.5. The summed E-state index contributed by atoms with van der Waals surface area (Å²) >= 11 is 0. The molecule has 2 rings (SSSR count). The molecule has 1 aliphatic heterocycles. The smallest absolute Gasteiger partial charge is 0.244 e. The van der Waals surface area contributed by atoms with Crippen LogP contribution in [-0.4, -0.2) is 50.6 Å². The van der Waals surface area contributed by atoms with Crippen molar-refractivity contribution in [3.05, 3.63) is 24.0 Å². The summed E-state index contributed by atoms with van der Waals surface area (Å²) in [6.45, 7) is 2.05. The van der Waals surface area contributed by atoms with Gasteiger partial charge in [0.15, 0.2) is 0 Å². The Kier molecular flexibility index (Phi) is 5.09. The van der Waals surface area contributed by atoms with Crippen LogP contribution in [0.4, 0.5) is 0 Å². The molecule has 1 aliphatic rings. The molecule has 7 heteroatoms. The second-order valence-corrected chi connectivity index (χ2v) is 6.22. The standard InChI is InChI=1S/C13H17N3O3S/c14-4-1-3-12-9-13(11-15-10-12)20(17,18)16-5-2-7-19-8-6-16/h9-11H,2,4-8,14H2. The van der Waals surface area contributed by atoms with Crippen LogP contribution in [-0.2, 0) is 14.8 Å². The molecule has 20 heavy (non-hydrogen) atoms. The molecule has 1 aromatic heterocycles. The third-order valence-corrected chi connectivity index (χ3v) is 4.73. The summed E-state index contributed by atoms with van der Waals surface area (Å²) in [5.41, 5.74) is 5.84. The van der Waals surface area contributed by atoms with Crippen molar-refractivity contribution in [1.82, 2.24) is 9.29 Å². The largest absolute Gasteiger partial charge is 0.380 e. The van der Waals surface area contributed by atoms with E-state index in [1.54, 1.807) is 0 Å². The second kappa shape index (κ2) is 6.81. The van der Waals surface area contributed by atoms with Gasteiger partial charge in [-0.1, -0.05) is 11.8 Å². The van der Waals surface area contributed by atoms with Gasteiger partial charge in [0.1, 0.15) is 4.90 Å². The van der Waals surface area contributed by atoms with Crippen molar-refractivity contribution in [1.29, 1.82) is 0 Å². The van der Waals surface area contributed by atoms with Gasteiger partial charge >= 0.3 is 0 Å². The number of nitrogens with zero attached hydrogens (tertiary/aromatic N) is 2. The van der Waals surface area contributed by atoms with Crippen LogP contribution in [0.5, 0.6) is 0 Å². The predicted molar refractivity (Wildman–Crippen MR) is 74.4 cm³/mol. The van der Waals surface area contributed by atoms with Gasteiger partial charge in [0, 0.05) is 37.7 Å². The quantitative estimate of drug-likeness (QED) is 0.764. The number of rotatable bonds is 2. The highest BCUT2D eigenvalue weighted by molar-refractivity contribution is 7.89. The zero-order valence-electron chi connectivity index (χ0n) is 11.1. The highest BCUT2D eigenvalue weighted by Crippen LogP contribution is 2.17. The van der Waals surface area contributed by atoms with Crippen LogP contribution in [0.25, 0.3) is 0 Å². The minimum absolute atomic E-state index is 0.156. The van der Waals surface area contributed by atoms with Gasteiger partial charge in [-0.25, -0.2) is 8.42 Å². The highest BCUT2D eigenvalue weighted by atomic mass is 32.2. The Labute approximate surface area is 119 Å². The Morgan fingerprint density at radius 2 is 2.20 bits per heavy atom. The van der Waals surface area contributed by atoms with Crippen molar-refractivity contribution in [3.63, 3.8) is 0 Å². The topological polar surface area (TPSA) is 85.5 Å². The molecule has 0 aliphatic carbocycles. The molecule has 0 bridgehead atoms. The van der Waals surface area contributed by atoms with E-state index in [9.17, 15) is 8.42 Å². The van der Waals surface area contributed by atoms with Gasteiger partial charge in [-0.3, -0.25) is 4.98 Å². The molecule has 1 fully saturated rings. The number of ether oxygens (including phenoxy) is 1. The fourth-order valence-electron chi connectivity index (χ4n) is 1.89. The summed E-state index contributed by atoms with van der Waals surface area (Å²) in [5, 5.41) is 0. The Hall–Kier alpha value is -1.46. The molecule has 0 unspecified atom stereocenters. The molecule has 0 aromatic carbocycles. The van der Waals surface area contributed by atoms with Gasteiger partial charge in [0.05, 0.1) is 13.2 Å². The van der Waals surface area contributed by atoms with Gasteiger partial charge in [0.2, 0.25) is 10.0 Å². The van der Waals surface area contributed by atoms with Crippen LogP contribution >= 0.6 is 0 Å². The summed E-state index contributed by atoms with van der Waals surface area (Å²) in [4.78, 5) is 4.10. The van der Waals surface area contributed by atoms with Crippen molar-refractivity contribution in [2.75, 3.05) is 32.8 Å². The first-order valence-electron chi connectivity index (χ1n) is 6.36. The van der Waals surface area contributed by atoms with E-state index in [-0.39, 0.29) is 11.4 Å². The highest BCUT2D eigenvalue weighted by Gasteiger charge is 2.25. The first-order chi connectivity index (χ1) is 9.64. The molecule has 0 radical (unpaired) electrons. The molecular formula is C13H17N3O3S. The maximum atomic E-state index is 12.5.